The number of hydrogen-bond acceptors (Lipinski definition) is 2. The lowest BCUT2D eigenvalue weighted by atomic mass is 10.0. The first-order valence-electron chi connectivity index (χ1n) is 4.41. The lowest BCUT2D eigenvalue weighted by Crippen LogP contribution is -2.05. The van der Waals surface area contributed by atoms with Gasteiger partial charge in [0.15, 0.2) is 0 Å². The van der Waals surface area contributed by atoms with Crippen molar-refractivity contribution in [3.8, 4) is 0 Å². The zero-order chi connectivity index (χ0) is 10.3. The third-order valence-electron chi connectivity index (χ3n) is 1.57. The lowest BCUT2D eigenvalue weighted by molar-refractivity contribution is -0.131. The predicted octanol–water partition coefficient (Wildman–Crippen LogP) is 1.91. The first kappa shape index (κ1) is 11.8. The van der Waals surface area contributed by atoms with Gasteiger partial charge in [-0.1, -0.05) is 26.0 Å². The molecule has 3 N–H and O–H groups in total. The van der Waals surface area contributed by atoms with E-state index in [9.17, 15) is 4.79 Å². The van der Waals surface area contributed by atoms with Crippen LogP contribution in [-0.2, 0) is 4.79 Å². The largest absolute Gasteiger partial charge is 0.478 e. The van der Waals surface area contributed by atoms with Crippen molar-refractivity contribution in [2.24, 2.45) is 11.7 Å². The Labute approximate surface area is 78.9 Å². The third kappa shape index (κ3) is 7.12. The maximum absolute atomic E-state index is 10.2. The van der Waals surface area contributed by atoms with Gasteiger partial charge in [-0.2, -0.15) is 0 Å². The molecule has 1 atom stereocenters. The molecule has 3 nitrogen and oxygen atoms in total. The highest BCUT2D eigenvalue weighted by Crippen LogP contribution is 2.08. The van der Waals surface area contributed by atoms with E-state index in [1.54, 1.807) is 0 Å². The predicted molar refractivity (Wildman–Crippen MR) is 53.1 cm³/mol. The molecule has 0 fully saturated rings. The average molecular weight is 183 g/mol. The average Bonchev–Trinajstić information content (AvgIpc) is 1.98. The van der Waals surface area contributed by atoms with Gasteiger partial charge in [-0.25, -0.2) is 4.79 Å². The number of carboxylic acid groups (broad SMARTS) is 1. The van der Waals surface area contributed by atoms with Crippen molar-refractivity contribution in [3.63, 3.8) is 0 Å². The molecule has 0 aromatic heterocycles. The van der Waals surface area contributed by atoms with Crippen LogP contribution in [0.5, 0.6) is 0 Å². The molecule has 0 amide bonds. The summed E-state index contributed by atoms with van der Waals surface area (Å²) in [5, 5.41) is 8.40. The van der Waals surface area contributed by atoms with Crippen LogP contribution in [0.2, 0.25) is 0 Å². The van der Waals surface area contributed by atoms with E-state index in [-0.39, 0.29) is 0 Å². The van der Waals surface area contributed by atoms with Crippen molar-refractivity contribution < 1.29 is 9.90 Å². The summed E-state index contributed by atoms with van der Waals surface area (Å²) in [6.45, 7) is 4.06. The third-order valence-corrected chi connectivity index (χ3v) is 1.57. The first-order chi connectivity index (χ1) is 6.06. The number of allylic oxidation sites excluding steroid dienone is 3. The fraction of sp³-hybridized carbons (Fsp3) is 0.500. The second kappa shape index (κ2) is 6.29. The highest BCUT2D eigenvalue weighted by Gasteiger charge is 2.00. The van der Waals surface area contributed by atoms with Gasteiger partial charge in [0.1, 0.15) is 0 Å². The fourth-order valence-electron chi connectivity index (χ4n) is 1.03. The normalized spacial score (nSPS) is 14.8. The van der Waals surface area contributed by atoms with Gasteiger partial charge in [0.2, 0.25) is 0 Å². The molecule has 0 aliphatic carbocycles. The summed E-state index contributed by atoms with van der Waals surface area (Å²) in [7, 11) is 0. The molecule has 0 heterocycles. The Morgan fingerprint density at radius 1 is 1.62 bits per heavy atom. The van der Waals surface area contributed by atoms with E-state index in [4.69, 9.17) is 10.8 Å². The summed E-state index contributed by atoms with van der Waals surface area (Å²) in [4.78, 5) is 10.2. The topological polar surface area (TPSA) is 63.3 Å². The van der Waals surface area contributed by atoms with Crippen molar-refractivity contribution in [1.29, 1.82) is 0 Å². The summed E-state index contributed by atoms with van der Waals surface area (Å²) >= 11 is 0. The Balaban J connectivity index is 3.98. The van der Waals surface area contributed by atoms with Gasteiger partial charge in [-0.05, 0) is 18.8 Å². The summed E-state index contributed by atoms with van der Waals surface area (Å²) in [5.41, 5.74) is 5.91. The van der Waals surface area contributed by atoms with Crippen molar-refractivity contribution in [3.05, 3.63) is 23.9 Å². The standard InChI is InChI=1S/C10H17NO2/c1-3-4-5-8(2)6-9(11)7-10(12)13/h4-5,7-8H,3,6,11H2,1-2H3,(H,12,13). The zero-order valence-electron chi connectivity index (χ0n) is 8.16. The van der Waals surface area contributed by atoms with Crippen LogP contribution in [0.3, 0.4) is 0 Å². The van der Waals surface area contributed by atoms with Crippen LogP contribution in [0.4, 0.5) is 0 Å². The zero-order valence-corrected chi connectivity index (χ0v) is 8.16. The Hall–Kier alpha value is -1.25. The maximum Gasteiger partial charge on any atom is 0.330 e. The number of nitrogens with two attached hydrogens (primary N) is 1. The minimum absolute atomic E-state index is 0.301. The lowest BCUT2D eigenvalue weighted by Gasteiger charge is -2.04. The highest BCUT2D eigenvalue weighted by molar-refractivity contribution is 5.80. The van der Waals surface area contributed by atoms with E-state index in [0.29, 0.717) is 18.0 Å². The first-order valence-corrected chi connectivity index (χ1v) is 4.41. The van der Waals surface area contributed by atoms with Gasteiger partial charge in [-0.15, -0.1) is 0 Å². The van der Waals surface area contributed by atoms with Gasteiger partial charge < -0.3 is 10.8 Å². The molecule has 0 spiro atoms. The van der Waals surface area contributed by atoms with Crippen LogP contribution in [0.1, 0.15) is 26.7 Å². The van der Waals surface area contributed by atoms with Crippen molar-refractivity contribution in [2.45, 2.75) is 26.7 Å². The molecule has 0 radical (unpaired) electrons. The van der Waals surface area contributed by atoms with Gasteiger partial charge in [-0.3, -0.25) is 0 Å². The second-order valence-corrected chi connectivity index (χ2v) is 3.08. The van der Waals surface area contributed by atoms with Crippen molar-refractivity contribution in [2.75, 3.05) is 0 Å². The van der Waals surface area contributed by atoms with Crippen LogP contribution < -0.4 is 5.73 Å². The SMILES string of the molecule is CCC=CC(C)CC(N)=CC(=O)O. The van der Waals surface area contributed by atoms with Crippen LogP contribution in [-0.4, -0.2) is 11.1 Å². The molecule has 3 heteroatoms. The Morgan fingerprint density at radius 2 is 2.23 bits per heavy atom. The summed E-state index contributed by atoms with van der Waals surface area (Å²) < 4.78 is 0. The molecule has 0 aliphatic rings. The quantitative estimate of drug-likeness (QED) is 0.505. The molecule has 0 bridgehead atoms. The molecule has 0 aliphatic heterocycles. The monoisotopic (exact) mass is 183 g/mol. The summed E-state index contributed by atoms with van der Waals surface area (Å²) in [6, 6.07) is 0. The number of carbonyl (C=O) groups is 1. The van der Waals surface area contributed by atoms with E-state index >= 15 is 0 Å². The molecule has 0 saturated heterocycles. The fourth-order valence-corrected chi connectivity index (χ4v) is 1.03. The molecular weight excluding hydrogens is 166 g/mol. The van der Waals surface area contributed by atoms with E-state index in [2.05, 4.69) is 13.0 Å². The molecule has 13 heavy (non-hydrogen) atoms. The highest BCUT2D eigenvalue weighted by atomic mass is 16.4. The minimum atomic E-state index is -0.982. The van der Waals surface area contributed by atoms with E-state index in [0.717, 1.165) is 12.5 Å². The van der Waals surface area contributed by atoms with Crippen LogP contribution >= 0.6 is 0 Å². The Kier molecular flexibility index (Phi) is 5.68. The molecular formula is C10H17NO2. The van der Waals surface area contributed by atoms with Crippen molar-refractivity contribution >= 4 is 5.97 Å². The number of aliphatic carboxylic acids is 1. The summed E-state index contributed by atoms with van der Waals surface area (Å²) in [5.74, 6) is -0.681. The van der Waals surface area contributed by atoms with Gasteiger partial charge in [0.25, 0.3) is 0 Å². The molecule has 0 aromatic carbocycles. The second-order valence-electron chi connectivity index (χ2n) is 3.08. The van der Waals surface area contributed by atoms with Gasteiger partial charge >= 0.3 is 5.97 Å². The van der Waals surface area contributed by atoms with E-state index in [1.807, 2.05) is 13.0 Å². The van der Waals surface area contributed by atoms with E-state index < -0.39 is 5.97 Å². The molecule has 0 aromatic rings. The molecule has 0 saturated carbocycles. The molecule has 74 valence electrons. The smallest absolute Gasteiger partial charge is 0.330 e. The molecule has 1 unspecified atom stereocenters. The Bertz CT molecular complexity index is 219. The summed E-state index contributed by atoms with van der Waals surface area (Å²) in [6.07, 6.45) is 6.74. The molecule has 0 rings (SSSR count). The number of hydrogen-bond donors (Lipinski definition) is 2. The van der Waals surface area contributed by atoms with Crippen molar-refractivity contribution in [1.82, 2.24) is 0 Å². The van der Waals surface area contributed by atoms with E-state index in [1.165, 1.54) is 0 Å². The van der Waals surface area contributed by atoms with Crippen LogP contribution in [0, 0.1) is 5.92 Å². The van der Waals surface area contributed by atoms with Crippen LogP contribution in [0.15, 0.2) is 23.9 Å². The number of carboxylic acids is 1. The van der Waals surface area contributed by atoms with Gasteiger partial charge in [0, 0.05) is 11.8 Å². The van der Waals surface area contributed by atoms with Gasteiger partial charge in [0.05, 0.1) is 0 Å². The maximum atomic E-state index is 10.2. The minimum Gasteiger partial charge on any atom is -0.478 e. The Morgan fingerprint density at radius 3 is 2.69 bits per heavy atom. The number of rotatable bonds is 5. The van der Waals surface area contributed by atoms with Crippen LogP contribution in [0.25, 0.3) is 0 Å².